The van der Waals surface area contributed by atoms with E-state index in [0.717, 1.165) is 30.6 Å². The van der Waals surface area contributed by atoms with Crippen LogP contribution in [0.15, 0.2) is 18.6 Å². The molecule has 1 amide bonds. The second kappa shape index (κ2) is 5.23. The molecule has 2 heterocycles. The highest BCUT2D eigenvalue weighted by Gasteiger charge is 2.26. The van der Waals surface area contributed by atoms with Gasteiger partial charge in [-0.2, -0.15) is 0 Å². The van der Waals surface area contributed by atoms with Crippen LogP contribution in [-0.4, -0.2) is 37.9 Å². The predicted octanol–water partition coefficient (Wildman–Crippen LogP) is 2.37. The summed E-state index contributed by atoms with van der Waals surface area (Å²) in [4.78, 5) is 23.3. The third kappa shape index (κ3) is 2.17. The molecule has 0 unspecified atom stereocenters. The quantitative estimate of drug-likeness (QED) is 0.862. The summed E-state index contributed by atoms with van der Waals surface area (Å²) in [5.74, 6) is 0.0828. The number of imidazole rings is 1. The zero-order valence-electron chi connectivity index (χ0n) is 12.0. The molecule has 1 aliphatic rings. The maximum absolute atomic E-state index is 12.7. The Morgan fingerprint density at radius 3 is 2.85 bits per heavy atom. The number of hydrogen-bond donors (Lipinski definition) is 0. The van der Waals surface area contributed by atoms with Crippen LogP contribution in [0.4, 0.5) is 0 Å². The van der Waals surface area contributed by atoms with E-state index < -0.39 is 0 Å². The summed E-state index contributed by atoms with van der Waals surface area (Å²) in [5.41, 5.74) is 2.23. The van der Waals surface area contributed by atoms with Crippen LogP contribution in [0.25, 0.3) is 11.2 Å². The average molecular weight is 272 g/mol. The minimum Gasteiger partial charge on any atom is -0.336 e. The van der Waals surface area contributed by atoms with E-state index in [9.17, 15) is 4.79 Å². The topological polar surface area (TPSA) is 51.0 Å². The molecule has 5 heteroatoms. The number of carbonyl (C=O) groups excluding carboxylic acids is 1. The molecule has 0 N–H and O–H groups in total. The monoisotopic (exact) mass is 272 g/mol. The van der Waals surface area contributed by atoms with Crippen molar-refractivity contribution in [1.29, 1.82) is 0 Å². The first kappa shape index (κ1) is 13.1. The van der Waals surface area contributed by atoms with Gasteiger partial charge in [-0.05, 0) is 25.8 Å². The SMILES string of the molecule is CCN(C(=O)c1cnc2c(c1)ncn2C)C1CCCC1. The Morgan fingerprint density at radius 2 is 2.15 bits per heavy atom. The molecule has 106 valence electrons. The van der Waals surface area contributed by atoms with E-state index in [2.05, 4.69) is 9.97 Å². The Kier molecular flexibility index (Phi) is 3.42. The molecule has 2 aromatic heterocycles. The van der Waals surface area contributed by atoms with Gasteiger partial charge in [-0.25, -0.2) is 9.97 Å². The molecule has 1 saturated carbocycles. The first-order valence-electron chi connectivity index (χ1n) is 7.28. The Morgan fingerprint density at radius 1 is 1.40 bits per heavy atom. The van der Waals surface area contributed by atoms with E-state index in [0.29, 0.717) is 11.6 Å². The number of rotatable bonds is 3. The number of nitrogens with zero attached hydrogens (tertiary/aromatic N) is 4. The fourth-order valence-electron chi connectivity index (χ4n) is 3.08. The molecule has 0 saturated heterocycles. The fourth-order valence-corrected chi connectivity index (χ4v) is 3.08. The van der Waals surface area contributed by atoms with E-state index in [1.54, 1.807) is 12.5 Å². The minimum atomic E-state index is 0.0828. The van der Waals surface area contributed by atoms with Crippen molar-refractivity contribution in [3.63, 3.8) is 0 Å². The van der Waals surface area contributed by atoms with Gasteiger partial charge in [0.1, 0.15) is 5.52 Å². The van der Waals surface area contributed by atoms with Crippen molar-refractivity contribution in [2.75, 3.05) is 6.54 Å². The van der Waals surface area contributed by atoms with Gasteiger partial charge in [0.25, 0.3) is 5.91 Å². The van der Waals surface area contributed by atoms with Gasteiger partial charge < -0.3 is 9.47 Å². The summed E-state index contributed by atoms with van der Waals surface area (Å²) >= 11 is 0. The Balaban J connectivity index is 1.90. The van der Waals surface area contributed by atoms with Crippen molar-refractivity contribution < 1.29 is 4.79 Å². The van der Waals surface area contributed by atoms with Crippen molar-refractivity contribution in [3.8, 4) is 0 Å². The predicted molar refractivity (Wildman–Crippen MR) is 77.5 cm³/mol. The zero-order chi connectivity index (χ0) is 14.1. The molecule has 1 fully saturated rings. The van der Waals surface area contributed by atoms with Gasteiger partial charge in [0.05, 0.1) is 11.9 Å². The molecular formula is C15H20N4O. The maximum Gasteiger partial charge on any atom is 0.255 e. The lowest BCUT2D eigenvalue weighted by atomic mass is 10.1. The smallest absolute Gasteiger partial charge is 0.255 e. The summed E-state index contributed by atoms with van der Waals surface area (Å²) in [6, 6.07) is 2.24. The van der Waals surface area contributed by atoms with E-state index >= 15 is 0 Å². The van der Waals surface area contributed by atoms with Crippen LogP contribution in [0, 0.1) is 0 Å². The highest BCUT2D eigenvalue weighted by Crippen LogP contribution is 2.25. The lowest BCUT2D eigenvalue weighted by molar-refractivity contribution is 0.0693. The van der Waals surface area contributed by atoms with Crippen molar-refractivity contribution in [2.24, 2.45) is 7.05 Å². The van der Waals surface area contributed by atoms with Gasteiger partial charge in [0, 0.05) is 25.8 Å². The fraction of sp³-hybridized carbons (Fsp3) is 0.533. The van der Waals surface area contributed by atoms with Gasteiger partial charge in [-0.15, -0.1) is 0 Å². The summed E-state index contributed by atoms with van der Waals surface area (Å²) < 4.78 is 1.86. The Bertz CT molecular complexity index is 628. The Labute approximate surface area is 118 Å². The highest BCUT2D eigenvalue weighted by molar-refractivity contribution is 5.96. The summed E-state index contributed by atoms with van der Waals surface area (Å²) in [6.45, 7) is 2.80. The molecule has 2 aromatic rings. The number of carbonyl (C=O) groups is 1. The van der Waals surface area contributed by atoms with Crippen molar-refractivity contribution in [2.45, 2.75) is 38.6 Å². The maximum atomic E-state index is 12.7. The first-order chi connectivity index (χ1) is 9.70. The van der Waals surface area contributed by atoms with Gasteiger partial charge in [-0.3, -0.25) is 4.79 Å². The lowest BCUT2D eigenvalue weighted by Gasteiger charge is -2.27. The summed E-state index contributed by atoms with van der Waals surface area (Å²) in [7, 11) is 1.90. The van der Waals surface area contributed by atoms with Crippen LogP contribution in [-0.2, 0) is 7.05 Å². The molecule has 0 aliphatic heterocycles. The van der Waals surface area contributed by atoms with Crippen molar-refractivity contribution >= 4 is 17.1 Å². The summed E-state index contributed by atoms with van der Waals surface area (Å²) in [6.07, 6.45) is 8.10. The summed E-state index contributed by atoms with van der Waals surface area (Å²) in [5, 5.41) is 0. The largest absolute Gasteiger partial charge is 0.336 e. The van der Waals surface area contributed by atoms with Crippen LogP contribution >= 0.6 is 0 Å². The van der Waals surface area contributed by atoms with Crippen LogP contribution < -0.4 is 0 Å². The van der Waals surface area contributed by atoms with E-state index in [1.165, 1.54) is 12.8 Å². The van der Waals surface area contributed by atoms with Crippen LogP contribution in [0.1, 0.15) is 43.0 Å². The number of amides is 1. The standard InChI is InChI=1S/C15H20N4O/c1-3-19(12-6-4-5-7-12)15(20)11-8-13-14(16-9-11)18(2)10-17-13/h8-10,12H,3-7H2,1-2H3. The number of aryl methyl sites for hydroxylation is 1. The number of fused-ring (bicyclic) bond motifs is 1. The first-order valence-corrected chi connectivity index (χ1v) is 7.28. The number of pyridine rings is 1. The molecule has 3 rings (SSSR count). The van der Waals surface area contributed by atoms with Crippen LogP contribution in [0.5, 0.6) is 0 Å². The molecule has 1 aliphatic carbocycles. The van der Waals surface area contributed by atoms with Crippen LogP contribution in [0.3, 0.4) is 0 Å². The molecule has 0 radical (unpaired) electrons. The van der Waals surface area contributed by atoms with E-state index in [4.69, 9.17) is 0 Å². The molecule has 20 heavy (non-hydrogen) atoms. The second-order valence-electron chi connectivity index (χ2n) is 5.45. The molecule has 0 aromatic carbocycles. The molecule has 0 spiro atoms. The van der Waals surface area contributed by atoms with E-state index in [1.807, 2.05) is 29.5 Å². The lowest BCUT2D eigenvalue weighted by Crippen LogP contribution is -2.38. The van der Waals surface area contributed by atoms with Crippen molar-refractivity contribution in [1.82, 2.24) is 19.4 Å². The normalized spacial score (nSPS) is 15.9. The van der Waals surface area contributed by atoms with Gasteiger partial charge >= 0.3 is 0 Å². The van der Waals surface area contributed by atoms with E-state index in [-0.39, 0.29) is 5.91 Å². The highest BCUT2D eigenvalue weighted by atomic mass is 16.2. The minimum absolute atomic E-state index is 0.0828. The average Bonchev–Trinajstić information content (AvgIpc) is 3.10. The van der Waals surface area contributed by atoms with Gasteiger partial charge in [0.15, 0.2) is 5.65 Å². The molecule has 0 bridgehead atoms. The zero-order valence-corrected chi connectivity index (χ0v) is 12.0. The molecule has 0 atom stereocenters. The second-order valence-corrected chi connectivity index (χ2v) is 5.45. The molecular weight excluding hydrogens is 252 g/mol. The van der Waals surface area contributed by atoms with Crippen LogP contribution in [0.2, 0.25) is 0 Å². The third-order valence-electron chi connectivity index (χ3n) is 4.17. The van der Waals surface area contributed by atoms with Gasteiger partial charge in [0.2, 0.25) is 0 Å². The number of hydrogen-bond acceptors (Lipinski definition) is 3. The third-order valence-corrected chi connectivity index (χ3v) is 4.17. The molecule has 5 nitrogen and oxygen atoms in total. The van der Waals surface area contributed by atoms with Gasteiger partial charge in [-0.1, -0.05) is 12.8 Å². The van der Waals surface area contributed by atoms with Crippen molar-refractivity contribution in [3.05, 3.63) is 24.2 Å². The number of aromatic nitrogens is 3. The Hall–Kier alpha value is -1.91.